The third kappa shape index (κ3) is 7.17. The zero-order valence-electron chi connectivity index (χ0n) is 30.2. The number of nitrogens with zero attached hydrogens (tertiary/aromatic N) is 3. The Kier molecular flexibility index (Phi) is 10.8. The number of fused-ring (bicyclic) bond motifs is 6. The second-order valence-electron chi connectivity index (χ2n) is 15.3. The van der Waals surface area contributed by atoms with Gasteiger partial charge in [-0.05, 0) is 66.2 Å². The quantitative estimate of drug-likeness (QED) is 0.103. The van der Waals surface area contributed by atoms with Gasteiger partial charge in [-0.3, -0.25) is 4.98 Å². The Hall–Kier alpha value is -3.27. The molecule has 0 saturated heterocycles. The summed E-state index contributed by atoms with van der Waals surface area (Å²) in [5, 5.41) is 7.37. The van der Waals surface area contributed by atoms with Crippen molar-refractivity contribution in [3.8, 4) is 22.6 Å². The van der Waals surface area contributed by atoms with Gasteiger partial charge in [0, 0.05) is 36.4 Å². The number of rotatable bonds is 4. The summed E-state index contributed by atoms with van der Waals surface area (Å²) in [5.74, 6) is 2.64. The Morgan fingerprint density at radius 2 is 1.59 bits per heavy atom. The fourth-order valence-electron chi connectivity index (χ4n) is 8.38. The van der Waals surface area contributed by atoms with Crippen LogP contribution < -0.4 is 0 Å². The van der Waals surface area contributed by atoms with Gasteiger partial charge >= 0.3 is 0 Å². The molecule has 2 heterocycles. The minimum absolute atomic E-state index is 0. The van der Waals surface area contributed by atoms with Crippen LogP contribution in [0.5, 0.6) is 0 Å². The number of amidine groups is 1. The van der Waals surface area contributed by atoms with Gasteiger partial charge in [-0.25, -0.2) is 0 Å². The van der Waals surface area contributed by atoms with Crippen LogP contribution in [0.1, 0.15) is 114 Å². The van der Waals surface area contributed by atoms with Crippen LogP contribution in [0.3, 0.4) is 0 Å². The van der Waals surface area contributed by atoms with E-state index in [0.717, 1.165) is 39.5 Å². The molecule has 8 rings (SSSR count). The van der Waals surface area contributed by atoms with E-state index in [4.69, 9.17) is 19.7 Å². The van der Waals surface area contributed by atoms with E-state index < -0.39 is 0 Å². The van der Waals surface area contributed by atoms with E-state index in [1.54, 1.807) is 0 Å². The topological polar surface area (TPSA) is 52.5 Å². The van der Waals surface area contributed by atoms with Crippen molar-refractivity contribution < 1.29 is 24.5 Å². The largest absolute Gasteiger partial charge is 0.466 e. The number of benzene rings is 3. The minimum atomic E-state index is -0.191. The van der Waals surface area contributed by atoms with Crippen LogP contribution >= 0.6 is 0 Å². The van der Waals surface area contributed by atoms with Crippen molar-refractivity contribution in [1.29, 1.82) is 0 Å². The number of hydrogen-bond donors (Lipinski definition) is 0. The Bertz CT molecular complexity index is 1960. The van der Waals surface area contributed by atoms with Crippen LogP contribution in [0, 0.1) is 25.8 Å². The molecule has 0 unspecified atom stereocenters. The summed E-state index contributed by atoms with van der Waals surface area (Å²) in [6.07, 6.45) is 13.4. The van der Waals surface area contributed by atoms with Gasteiger partial charge < -0.3 is 14.7 Å². The Labute approximate surface area is 306 Å². The van der Waals surface area contributed by atoms with Crippen LogP contribution in [0.25, 0.3) is 49.8 Å². The second-order valence-corrected chi connectivity index (χ2v) is 15.3. The molecule has 3 aromatic carbocycles. The molecule has 5 heteroatoms. The van der Waals surface area contributed by atoms with Crippen LogP contribution in [0.4, 0.5) is 0 Å². The molecular formula is C44H51IrN3O-2. The summed E-state index contributed by atoms with van der Waals surface area (Å²) in [6, 6.07) is 25.8. The van der Waals surface area contributed by atoms with Crippen LogP contribution in [-0.2, 0) is 25.5 Å². The van der Waals surface area contributed by atoms with Crippen LogP contribution in [-0.4, -0.2) is 22.9 Å². The molecule has 0 amide bonds. The van der Waals surface area contributed by atoms with E-state index in [0.29, 0.717) is 18.0 Å². The van der Waals surface area contributed by atoms with Gasteiger partial charge in [0.05, 0.1) is 5.52 Å². The first-order valence-electron chi connectivity index (χ1n) is 18.4. The number of hydrogen-bond acceptors (Lipinski definition) is 3. The van der Waals surface area contributed by atoms with E-state index in [1.807, 2.05) is 12.1 Å². The second kappa shape index (κ2) is 14.9. The molecule has 0 spiro atoms. The van der Waals surface area contributed by atoms with Crippen molar-refractivity contribution in [3.63, 3.8) is 0 Å². The predicted octanol–water partition coefficient (Wildman–Crippen LogP) is 12.4. The maximum Gasteiger partial charge on any atom is 0.135 e. The number of pyridine rings is 1. The van der Waals surface area contributed by atoms with Crippen molar-refractivity contribution in [2.24, 2.45) is 10.9 Å². The Morgan fingerprint density at radius 1 is 0.878 bits per heavy atom. The Morgan fingerprint density at radius 3 is 2.33 bits per heavy atom. The van der Waals surface area contributed by atoms with Gasteiger partial charge in [0.1, 0.15) is 11.3 Å². The molecule has 5 aromatic rings. The van der Waals surface area contributed by atoms with Crippen molar-refractivity contribution in [1.82, 2.24) is 4.98 Å². The molecule has 4 nitrogen and oxygen atoms in total. The van der Waals surface area contributed by atoms with Crippen molar-refractivity contribution >= 4 is 27.7 Å². The van der Waals surface area contributed by atoms with Gasteiger partial charge in [0.2, 0.25) is 0 Å². The maximum absolute atomic E-state index is 6.33. The van der Waals surface area contributed by atoms with Crippen molar-refractivity contribution in [3.05, 3.63) is 94.3 Å². The zero-order valence-corrected chi connectivity index (χ0v) is 32.6. The molecule has 1 radical (unpaired) electrons. The maximum atomic E-state index is 6.33. The smallest absolute Gasteiger partial charge is 0.135 e. The molecule has 3 aliphatic carbocycles. The number of aryl methyl sites for hydroxylation is 2. The molecular weight excluding hydrogens is 779 g/mol. The van der Waals surface area contributed by atoms with E-state index in [1.165, 1.54) is 97.2 Å². The molecule has 2 saturated carbocycles. The van der Waals surface area contributed by atoms with Crippen LogP contribution in [0.2, 0.25) is 0 Å². The summed E-state index contributed by atoms with van der Waals surface area (Å²) in [7, 11) is 0. The average Bonchev–Trinajstić information content (AvgIpc) is 3.59. The summed E-state index contributed by atoms with van der Waals surface area (Å²) in [5.41, 5.74) is 9.99. The zero-order chi connectivity index (χ0) is 33.4. The number of para-hydroxylation sites is 1. The molecule has 49 heavy (non-hydrogen) atoms. The van der Waals surface area contributed by atoms with Gasteiger partial charge in [0.25, 0.3) is 0 Å². The molecule has 0 atom stereocenters. The first-order chi connectivity index (χ1) is 23.2. The fourth-order valence-corrected chi connectivity index (χ4v) is 8.38. The van der Waals surface area contributed by atoms with Gasteiger partial charge in [-0.1, -0.05) is 140 Å². The monoisotopic (exact) mass is 830 g/mol. The summed E-state index contributed by atoms with van der Waals surface area (Å²) >= 11 is 0. The first kappa shape index (κ1) is 35.6. The molecule has 0 aliphatic heterocycles. The molecule has 0 N–H and O–H groups in total. The van der Waals surface area contributed by atoms with E-state index in [9.17, 15) is 0 Å². The third-order valence-electron chi connectivity index (χ3n) is 10.8. The van der Waals surface area contributed by atoms with E-state index in [2.05, 4.69) is 96.1 Å². The summed E-state index contributed by atoms with van der Waals surface area (Å²) < 4.78 is 6.33. The fraction of sp³-hybridized carbons (Fsp3) is 0.455. The summed E-state index contributed by atoms with van der Waals surface area (Å²) in [6.45, 7) is 13.3. The Balaban J connectivity index is 0.000000189. The number of aliphatic imine (C=N–C) groups is 1. The van der Waals surface area contributed by atoms with Gasteiger partial charge in [-0.2, -0.15) is 0 Å². The SMILES string of the molecule is CC(C)C(=NC1CCCCC1)[N-]C1CCCCC1.Cc1cc(C)c2ccc(-c3[c-]ccc4c3C(C)(C)c3c-4oc4ccccc34)nc2c1.[Ir]. The van der Waals surface area contributed by atoms with E-state index in [-0.39, 0.29) is 25.5 Å². The molecule has 3 aliphatic rings. The first-order valence-corrected chi connectivity index (χ1v) is 18.4. The average molecular weight is 830 g/mol. The molecule has 2 fully saturated rings. The van der Waals surface area contributed by atoms with E-state index >= 15 is 0 Å². The summed E-state index contributed by atoms with van der Waals surface area (Å²) in [4.78, 5) is 10.0. The molecule has 2 aromatic heterocycles. The molecule has 259 valence electrons. The number of aromatic nitrogens is 1. The minimum Gasteiger partial charge on any atom is -0.466 e. The number of furan rings is 1. The van der Waals surface area contributed by atoms with Crippen molar-refractivity contribution in [2.75, 3.05) is 0 Å². The third-order valence-corrected chi connectivity index (χ3v) is 10.8. The normalized spacial score (nSPS) is 17.7. The molecule has 0 bridgehead atoms. The van der Waals surface area contributed by atoms with Gasteiger partial charge in [0.15, 0.2) is 0 Å². The van der Waals surface area contributed by atoms with Crippen LogP contribution in [0.15, 0.2) is 70.1 Å². The van der Waals surface area contributed by atoms with Gasteiger partial charge in [-0.15, -0.1) is 29.3 Å². The predicted molar refractivity (Wildman–Crippen MR) is 202 cm³/mol. The standard InChI is InChI=1S/C28H22NO.C16H29N2.Ir/c1-16-14-17(2)18-12-13-22(29-23(18)15-16)19-9-7-10-21-25(19)28(3,4)26-20-8-5-6-11-24(20)30-27(21)26;1-13(2)16(17-14-9-5-3-6-10-14)18-15-11-7-4-8-12-15;/h5-8,10-15H,1-4H3;13-15H,3-12H2,1-2H3;/q2*-1;. The van der Waals surface area contributed by atoms with Crippen molar-refractivity contribution in [2.45, 2.75) is 123 Å².